The van der Waals surface area contributed by atoms with Crippen LogP contribution in [0.2, 0.25) is 5.02 Å². The molecule has 2 N–H and O–H groups in total. The fourth-order valence-electron chi connectivity index (χ4n) is 5.31. The van der Waals surface area contributed by atoms with Gasteiger partial charge in [-0.1, -0.05) is 30.7 Å². The molecule has 0 aromatic heterocycles. The minimum Gasteiger partial charge on any atom is -0.487 e. The molecule has 0 amide bonds. The van der Waals surface area contributed by atoms with Crippen molar-refractivity contribution in [2.45, 2.75) is 58.2 Å². The number of hydrogen-bond donors (Lipinski definition) is 2. The molecule has 1 saturated carbocycles. The van der Waals surface area contributed by atoms with E-state index in [1.165, 1.54) is 5.56 Å². The normalized spacial score (nSPS) is 23.4. The molecule has 0 radical (unpaired) electrons. The summed E-state index contributed by atoms with van der Waals surface area (Å²) in [5.41, 5.74) is 3.19. The predicted octanol–water partition coefficient (Wildman–Crippen LogP) is 6.11. The monoisotopic (exact) mass is 483 g/mol. The molecule has 1 aliphatic heterocycles. The number of anilines is 1. The van der Waals surface area contributed by atoms with E-state index in [1.807, 2.05) is 18.2 Å². The molecule has 0 bridgehead atoms. The first-order valence-electron chi connectivity index (χ1n) is 12.1. The third kappa shape index (κ3) is 5.11. The van der Waals surface area contributed by atoms with Crippen LogP contribution in [0.4, 0.5) is 5.69 Å². The fourth-order valence-corrected chi connectivity index (χ4v) is 5.50. The number of halogens is 1. The van der Waals surface area contributed by atoms with Crippen LogP contribution in [0.15, 0.2) is 49.1 Å². The second kappa shape index (κ2) is 10.4. The van der Waals surface area contributed by atoms with Gasteiger partial charge in [0.05, 0.1) is 17.4 Å². The number of aromatic carboxylic acids is 1. The summed E-state index contributed by atoms with van der Waals surface area (Å²) in [6, 6.07) is 11.0. The summed E-state index contributed by atoms with van der Waals surface area (Å²) >= 11 is 6.25. The number of aliphatic hydroxyl groups is 1. The van der Waals surface area contributed by atoms with Crippen molar-refractivity contribution in [3.05, 3.63) is 70.8 Å². The van der Waals surface area contributed by atoms with Gasteiger partial charge in [0.2, 0.25) is 0 Å². The minimum absolute atomic E-state index is 0.168. The van der Waals surface area contributed by atoms with Crippen molar-refractivity contribution in [2.75, 3.05) is 18.0 Å². The summed E-state index contributed by atoms with van der Waals surface area (Å²) < 4.78 is 6.28. The quantitative estimate of drug-likeness (QED) is 0.485. The third-order valence-electron chi connectivity index (χ3n) is 7.78. The van der Waals surface area contributed by atoms with E-state index in [1.54, 1.807) is 24.3 Å². The van der Waals surface area contributed by atoms with Crippen LogP contribution in [-0.4, -0.2) is 35.4 Å². The molecule has 6 heteroatoms. The Morgan fingerprint density at radius 1 is 1.29 bits per heavy atom. The average molecular weight is 484 g/mol. The molecule has 5 nitrogen and oxygen atoms in total. The van der Waals surface area contributed by atoms with Gasteiger partial charge in [-0.25, -0.2) is 4.79 Å². The van der Waals surface area contributed by atoms with Crippen molar-refractivity contribution in [2.24, 2.45) is 11.3 Å². The van der Waals surface area contributed by atoms with E-state index in [-0.39, 0.29) is 11.0 Å². The number of rotatable bonds is 6. The summed E-state index contributed by atoms with van der Waals surface area (Å²) in [5.74, 6) is 0.0392. The third-order valence-corrected chi connectivity index (χ3v) is 8.01. The molecule has 3 atom stereocenters. The smallest absolute Gasteiger partial charge is 0.335 e. The Morgan fingerprint density at radius 3 is 2.82 bits per heavy atom. The molecule has 2 aliphatic rings. The first kappa shape index (κ1) is 24.6. The van der Waals surface area contributed by atoms with Crippen LogP contribution in [0.25, 0.3) is 0 Å². The maximum atomic E-state index is 11.8. The predicted molar refractivity (Wildman–Crippen MR) is 136 cm³/mol. The zero-order valence-corrected chi connectivity index (χ0v) is 20.6. The number of benzene rings is 2. The maximum Gasteiger partial charge on any atom is 0.335 e. The molecule has 182 valence electrons. The highest BCUT2D eigenvalue weighted by atomic mass is 35.5. The van der Waals surface area contributed by atoms with Gasteiger partial charge in [0.25, 0.3) is 0 Å². The Hall–Kier alpha value is -2.50. The van der Waals surface area contributed by atoms with Gasteiger partial charge < -0.3 is 19.8 Å². The molecular formula is C28H34ClNO4. The van der Waals surface area contributed by atoms with Gasteiger partial charge in [-0.2, -0.15) is 0 Å². The van der Waals surface area contributed by atoms with Crippen LogP contribution in [0.1, 0.15) is 60.5 Å². The number of aliphatic hydroxyl groups excluding tert-OH is 1. The van der Waals surface area contributed by atoms with E-state index in [2.05, 4.69) is 18.4 Å². The number of carbonyl (C=O) groups is 1. The summed E-state index contributed by atoms with van der Waals surface area (Å²) in [6.45, 7) is 7.90. The van der Waals surface area contributed by atoms with Crippen LogP contribution in [0, 0.1) is 11.3 Å². The number of carboxylic acids is 1. The number of aryl methyl sites for hydroxylation is 1. The molecular weight excluding hydrogens is 450 g/mol. The van der Waals surface area contributed by atoms with Crippen molar-refractivity contribution in [1.29, 1.82) is 0 Å². The fraction of sp³-hybridized carbons (Fsp3) is 0.464. The standard InChI is InChI=1S/C28H34ClNO4/c1-3-6-26(31)28(2)13-12-22(28)17-30-14-5-4-7-19-15-23(29)10-8-21(19)18-34-25-11-9-20(27(32)33)16-24(25)30/h3,8-11,15-16,22,26,31H,1,4-7,12-14,17-18H2,2H3,(H,32,33)/t22-,26+,28+/m0/s1. The highest BCUT2D eigenvalue weighted by Gasteiger charge is 2.47. The molecule has 34 heavy (non-hydrogen) atoms. The van der Waals surface area contributed by atoms with E-state index in [9.17, 15) is 15.0 Å². The summed E-state index contributed by atoms with van der Waals surface area (Å²) in [6.07, 6.45) is 6.84. The van der Waals surface area contributed by atoms with E-state index < -0.39 is 12.1 Å². The lowest BCUT2D eigenvalue weighted by Gasteiger charge is -2.52. The van der Waals surface area contributed by atoms with Crippen molar-refractivity contribution >= 4 is 23.3 Å². The van der Waals surface area contributed by atoms with Crippen molar-refractivity contribution in [3.8, 4) is 5.75 Å². The number of hydrogen-bond acceptors (Lipinski definition) is 4. The first-order valence-corrected chi connectivity index (χ1v) is 12.5. The summed E-state index contributed by atoms with van der Waals surface area (Å²) in [7, 11) is 0. The van der Waals surface area contributed by atoms with Gasteiger partial charge in [0, 0.05) is 18.1 Å². The van der Waals surface area contributed by atoms with Crippen LogP contribution >= 0.6 is 11.6 Å². The topological polar surface area (TPSA) is 70.0 Å². The first-order chi connectivity index (χ1) is 16.3. The van der Waals surface area contributed by atoms with E-state index in [0.29, 0.717) is 24.7 Å². The zero-order valence-electron chi connectivity index (χ0n) is 19.8. The van der Waals surface area contributed by atoms with Crippen molar-refractivity contribution < 1.29 is 19.7 Å². The Labute approximate surface area is 207 Å². The number of fused-ring (bicyclic) bond motifs is 2. The van der Waals surface area contributed by atoms with Crippen LogP contribution in [-0.2, 0) is 13.0 Å². The van der Waals surface area contributed by atoms with E-state index >= 15 is 0 Å². The largest absolute Gasteiger partial charge is 0.487 e. The van der Waals surface area contributed by atoms with Crippen molar-refractivity contribution in [1.82, 2.24) is 0 Å². The van der Waals surface area contributed by atoms with Gasteiger partial charge in [0.1, 0.15) is 12.4 Å². The van der Waals surface area contributed by atoms with Crippen LogP contribution in [0.5, 0.6) is 5.75 Å². The molecule has 1 heterocycles. The zero-order chi connectivity index (χ0) is 24.3. The minimum atomic E-state index is -0.952. The van der Waals surface area contributed by atoms with E-state index in [0.717, 1.165) is 61.5 Å². The van der Waals surface area contributed by atoms with Gasteiger partial charge in [-0.3, -0.25) is 0 Å². The van der Waals surface area contributed by atoms with E-state index in [4.69, 9.17) is 16.3 Å². The molecule has 4 rings (SSSR count). The lowest BCUT2D eigenvalue weighted by atomic mass is 9.57. The lowest BCUT2D eigenvalue weighted by molar-refractivity contribution is -0.0693. The van der Waals surface area contributed by atoms with Gasteiger partial charge in [0.15, 0.2) is 0 Å². The lowest BCUT2D eigenvalue weighted by Crippen LogP contribution is -2.51. The highest BCUT2D eigenvalue weighted by Crippen LogP contribution is 2.51. The molecule has 1 fully saturated rings. The Bertz CT molecular complexity index is 1050. The molecule has 1 aliphatic carbocycles. The number of ether oxygens (including phenoxy) is 1. The van der Waals surface area contributed by atoms with Gasteiger partial charge in [-0.15, -0.1) is 6.58 Å². The summed E-state index contributed by atoms with van der Waals surface area (Å²) in [5, 5.41) is 21.1. The SMILES string of the molecule is C=CC[C@@H](O)[C@]1(C)CC[C@H]1CN1CCCCc2cc(Cl)ccc2COc2ccc(C(=O)O)cc21. The molecule has 0 saturated heterocycles. The van der Waals surface area contributed by atoms with Crippen LogP contribution in [0.3, 0.4) is 0 Å². The van der Waals surface area contributed by atoms with Crippen molar-refractivity contribution in [3.63, 3.8) is 0 Å². The molecule has 0 spiro atoms. The average Bonchev–Trinajstić information content (AvgIpc) is 2.84. The number of nitrogens with zero attached hydrogens (tertiary/aromatic N) is 1. The Kier molecular flexibility index (Phi) is 7.54. The number of carboxylic acid groups (broad SMARTS) is 1. The Balaban J connectivity index is 1.65. The molecule has 2 aromatic carbocycles. The van der Waals surface area contributed by atoms with Gasteiger partial charge >= 0.3 is 5.97 Å². The van der Waals surface area contributed by atoms with Gasteiger partial charge in [-0.05, 0) is 91.3 Å². The summed E-state index contributed by atoms with van der Waals surface area (Å²) in [4.78, 5) is 14.0. The molecule has 2 aromatic rings. The maximum absolute atomic E-state index is 11.8. The Morgan fingerprint density at radius 2 is 2.12 bits per heavy atom. The van der Waals surface area contributed by atoms with Crippen LogP contribution < -0.4 is 9.64 Å². The molecule has 0 unspecified atom stereocenters. The highest BCUT2D eigenvalue weighted by molar-refractivity contribution is 6.30. The second-order valence-corrected chi connectivity index (χ2v) is 10.3. The second-order valence-electron chi connectivity index (χ2n) is 9.87.